The van der Waals surface area contributed by atoms with E-state index in [1.54, 1.807) is 12.1 Å². The minimum Gasteiger partial charge on any atom is -0.356 e. The molecular weight excluding hydrogens is 436 g/mol. The number of halogens is 5. The molecule has 0 bridgehead atoms. The van der Waals surface area contributed by atoms with Crippen molar-refractivity contribution in [3.63, 3.8) is 0 Å². The number of carbonyl (C=O) groups is 1. The first kappa shape index (κ1) is 23.1. The molecule has 0 aliphatic carbocycles. The molecule has 5 nitrogen and oxygen atoms in total. The highest BCUT2D eigenvalue weighted by atomic mass is 35.5. The van der Waals surface area contributed by atoms with Crippen molar-refractivity contribution in [1.29, 1.82) is 0 Å². The Kier molecular flexibility index (Phi) is 7.61. The maximum Gasteiger partial charge on any atom is 0.417 e. The van der Waals surface area contributed by atoms with Crippen LogP contribution in [0.3, 0.4) is 0 Å². The first-order chi connectivity index (χ1) is 13.5. The van der Waals surface area contributed by atoms with Gasteiger partial charge in [-0.2, -0.15) is 13.2 Å². The van der Waals surface area contributed by atoms with E-state index in [1.165, 1.54) is 12.1 Å². The Morgan fingerprint density at radius 1 is 1.03 bits per heavy atom. The second kappa shape index (κ2) is 9.55. The molecule has 0 unspecified atom stereocenters. The lowest BCUT2D eigenvalue weighted by Gasteiger charge is -2.12. The molecule has 2 aromatic carbocycles. The maximum absolute atomic E-state index is 12.9. The van der Waals surface area contributed by atoms with Crippen molar-refractivity contribution in [3.8, 4) is 0 Å². The van der Waals surface area contributed by atoms with E-state index in [4.69, 9.17) is 11.6 Å². The van der Waals surface area contributed by atoms with Crippen LogP contribution in [0.15, 0.2) is 47.4 Å². The third-order valence-corrected chi connectivity index (χ3v) is 5.64. The molecule has 0 spiro atoms. The van der Waals surface area contributed by atoms with Gasteiger partial charge >= 0.3 is 6.18 Å². The van der Waals surface area contributed by atoms with Gasteiger partial charge in [-0.1, -0.05) is 23.7 Å². The molecule has 0 aliphatic heterocycles. The van der Waals surface area contributed by atoms with Gasteiger partial charge < -0.3 is 5.32 Å². The molecule has 0 radical (unpaired) electrons. The summed E-state index contributed by atoms with van der Waals surface area (Å²) >= 11 is 5.47. The maximum atomic E-state index is 12.9. The van der Waals surface area contributed by atoms with Gasteiger partial charge in [-0.05, 0) is 42.3 Å². The average molecular weight is 453 g/mol. The molecule has 0 aromatic heterocycles. The molecule has 0 fully saturated rings. The second-order valence-corrected chi connectivity index (χ2v) is 8.19. The molecule has 2 aromatic rings. The van der Waals surface area contributed by atoms with Crippen LogP contribution >= 0.6 is 11.6 Å². The first-order valence-corrected chi connectivity index (χ1v) is 10.2. The van der Waals surface area contributed by atoms with Crippen LogP contribution in [0.1, 0.15) is 17.5 Å². The Bertz CT molecular complexity index is 964. The van der Waals surface area contributed by atoms with E-state index >= 15 is 0 Å². The van der Waals surface area contributed by atoms with Crippen LogP contribution in [0.4, 0.5) is 17.6 Å². The van der Waals surface area contributed by atoms with Crippen molar-refractivity contribution in [2.24, 2.45) is 0 Å². The average Bonchev–Trinajstić information content (AvgIpc) is 2.62. The number of amides is 1. The minimum atomic E-state index is -4.80. The van der Waals surface area contributed by atoms with Crippen molar-refractivity contribution < 1.29 is 30.8 Å². The number of sulfonamides is 1. The van der Waals surface area contributed by atoms with Crippen LogP contribution < -0.4 is 10.0 Å². The Hall–Kier alpha value is -2.17. The van der Waals surface area contributed by atoms with Crippen LogP contribution in [0.25, 0.3) is 0 Å². The van der Waals surface area contributed by atoms with E-state index in [0.29, 0.717) is 12.5 Å². The molecule has 0 saturated carbocycles. The van der Waals surface area contributed by atoms with Crippen molar-refractivity contribution in [2.75, 3.05) is 13.1 Å². The zero-order valence-corrected chi connectivity index (χ0v) is 16.5. The van der Waals surface area contributed by atoms with E-state index in [0.717, 1.165) is 17.7 Å². The summed E-state index contributed by atoms with van der Waals surface area (Å²) in [6.07, 6.45) is -4.54. The molecule has 158 valence electrons. The summed E-state index contributed by atoms with van der Waals surface area (Å²) in [6.45, 7) is -0.0297. The summed E-state index contributed by atoms with van der Waals surface area (Å²) in [5, 5.41) is 1.96. The monoisotopic (exact) mass is 452 g/mol. The van der Waals surface area contributed by atoms with Gasteiger partial charge in [-0.25, -0.2) is 17.5 Å². The molecule has 1 amide bonds. The molecule has 0 heterocycles. The first-order valence-electron chi connectivity index (χ1n) is 8.36. The van der Waals surface area contributed by atoms with Crippen LogP contribution in [0.2, 0.25) is 5.02 Å². The molecule has 29 heavy (non-hydrogen) atoms. The fourth-order valence-corrected chi connectivity index (χ4v) is 3.64. The van der Waals surface area contributed by atoms with Gasteiger partial charge in [0.05, 0.1) is 15.5 Å². The number of hydrogen-bond donors (Lipinski definition) is 2. The normalized spacial score (nSPS) is 12.0. The zero-order chi connectivity index (χ0) is 21.7. The summed E-state index contributed by atoms with van der Waals surface area (Å²) in [7, 11) is -4.25. The number of alkyl halides is 3. The number of nitrogens with one attached hydrogen (secondary N) is 2. The quantitative estimate of drug-likeness (QED) is 0.602. The molecular formula is C18H17ClF4N2O3S. The fourth-order valence-electron chi connectivity index (χ4n) is 2.36. The summed E-state index contributed by atoms with van der Waals surface area (Å²) in [5.74, 6) is -0.810. The van der Waals surface area contributed by atoms with Gasteiger partial charge in [0.1, 0.15) is 5.82 Å². The highest BCUT2D eigenvalue weighted by Crippen LogP contribution is 2.35. The van der Waals surface area contributed by atoms with Crippen LogP contribution in [-0.4, -0.2) is 27.4 Å². The SMILES string of the molecule is O=C(CCNS(=O)(=O)c1ccc(Cl)c(C(F)(F)F)c1)NCCc1ccc(F)cc1. The zero-order valence-electron chi connectivity index (χ0n) is 14.9. The van der Waals surface area contributed by atoms with Crippen molar-refractivity contribution >= 4 is 27.5 Å². The molecule has 0 atom stereocenters. The van der Waals surface area contributed by atoms with Gasteiger partial charge in [0, 0.05) is 19.5 Å². The second-order valence-electron chi connectivity index (χ2n) is 6.01. The highest BCUT2D eigenvalue weighted by molar-refractivity contribution is 7.89. The lowest BCUT2D eigenvalue weighted by atomic mass is 10.1. The number of hydrogen-bond acceptors (Lipinski definition) is 3. The predicted molar refractivity (Wildman–Crippen MR) is 99.4 cm³/mol. The van der Waals surface area contributed by atoms with Crippen molar-refractivity contribution in [3.05, 3.63) is 64.4 Å². The van der Waals surface area contributed by atoms with Crippen LogP contribution in [0.5, 0.6) is 0 Å². The van der Waals surface area contributed by atoms with Crippen LogP contribution in [-0.2, 0) is 27.4 Å². The smallest absolute Gasteiger partial charge is 0.356 e. The third-order valence-electron chi connectivity index (χ3n) is 3.85. The molecule has 0 saturated heterocycles. The Morgan fingerprint density at radius 3 is 2.31 bits per heavy atom. The lowest BCUT2D eigenvalue weighted by molar-refractivity contribution is -0.137. The third kappa shape index (κ3) is 6.98. The van der Waals surface area contributed by atoms with E-state index in [1.807, 2.05) is 0 Å². The summed E-state index contributed by atoms with van der Waals surface area (Å²) in [6, 6.07) is 7.99. The lowest BCUT2D eigenvalue weighted by Crippen LogP contribution is -2.31. The predicted octanol–water partition coefficient (Wildman–Crippen LogP) is 3.53. The van der Waals surface area contributed by atoms with Gasteiger partial charge in [-0.15, -0.1) is 0 Å². The van der Waals surface area contributed by atoms with E-state index in [9.17, 15) is 30.8 Å². The van der Waals surface area contributed by atoms with E-state index in [-0.39, 0.29) is 25.3 Å². The minimum absolute atomic E-state index is 0.206. The topological polar surface area (TPSA) is 75.3 Å². The van der Waals surface area contributed by atoms with Gasteiger partial charge in [-0.3, -0.25) is 4.79 Å². The number of carbonyl (C=O) groups excluding carboxylic acids is 1. The Balaban J connectivity index is 1.84. The van der Waals surface area contributed by atoms with E-state index < -0.39 is 37.6 Å². The summed E-state index contributed by atoms with van der Waals surface area (Å²) in [4.78, 5) is 11.2. The molecule has 2 rings (SSSR count). The fraction of sp³-hybridized carbons (Fsp3) is 0.278. The van der Waals surface area contributed by atoms with Crippen molar-refractivity contribution in [2.45, 2.75) is 23.9 Å². The Morgan fingerprint density at radius 2 is 1.69 bits per heavy atom. The molecule has 0 aliphatic rings. The molecule has 2 N–H and O–H groups in total. The van der Waals surface area contributed by atoms with Gasteiger partial charge in [0.25, 0.3) is 0 Å². The standard InChI is InChI=1S/C18H17ClF4N2O3S/c19-16-6-5-14(11-15(16)18(21,22)23)29(27,28)25-10-8-17(26)24-9-7-12-1-3-13(20)4-2-12/h1-6,11,25H,7-10H2,(H,24,26). The summed E-state index contributed by atoms with van der Waals surface area (Å²) in [5.41, 5.74) is -0.448. The summed E-state index contributed by atoms with van der Waals surface area (Å²) < 4.78 is 77.8. The number of benzene rings is 2. The Labute approximate surface area is 170 Å². The van der Waals surface area contributed by atoms with Gasteiger partial charge in [0.2, 0.25) is 15.9 Å². The van der Waals surface area contributed by atoms with Crippen molar-refractivity contribution in [1.82, 2.24) is 10.0 Å². The van der Waals surface area contributed by atoms with Gasteiger partial charge in [0.15, 0.2) is 0 Å². The largest absolute Gasteiger partial charge is 0.417 e. The van der Waals surface area contributed by atoms with Crippen LogP contribution in [0, 0.1) is 5.82 Å². The van der Waals surface area contributed by atoms with E-state index in [2.05, 4.69) is 10.0 Å². The highest BCUT2D eigenvalue weighted by Gasteiger charge is 2.34. The molecule has 11 heteroatoms. The number of rotatable bonds is 8.